The summed E-state index contributed by atoms with van der Waals surface area (Å²) >= 11 is 0. The van der Waals surface area contributed by atoms with Crippen LogP contribution in [0.2, 0.25) is 0 Å². The smallest absolute Gasteiger partial charge is 0.322 e. The standard InChI is InChI=1S/C16H18N2O3/c1-20-16(19)14(17)10-12-6-2-3-8-15(12)21-11-13-7-4-5-9-18-13/h2-9,14H,10-11,17H2,1H3. The van der Waals surface area contributed by atoms with Crippen molar-refractivity contribution in [1.29, 1.82) is 0 Å². The number of esters is 1. The number of aromatic nitrogens is 1. The molecule has 5 heteroatoms. The van der Waals surface area contributed by atoms with Gasteiger partial charge in [-0.1, -0.05) is 24.3 Å². The maximum absolute atomic E-state index is 11.4. The number of hydrogen-bond donors (Lipinski definition) is 1. The van der Waals surface area contributed by atoms with Gasteiger partial charge in [-0.25, -0.2) is 0 Å². The van der Waals surface area contributed by atoms with Gasteiger partial charge in [-0.2, -0.15) is 0 Å². The molecule has 5 nitrogen and oxygen atoms in total. The lowest BCUT2D eigenvalue weighted by Gasteiger charge is -2.14. The largest absolute Gasteiger partial charge is 0.487 e. The van der Waals surface area contributed by atoms with Crippen LogP contribution >= 0.6 is 0 Å². The minimum absolute atomic E-state index is 0.366. The Hall–Kier alpha value is -2.40. The highest BCUT2D eigenvalue weighted by molar-refractivity contribution is 5.75. The van der Waals surface area contributed by atoms with E-state index >= 15 is 0 Å². The van der Waals surface area contributed by atoms with Gasteiger partial charge in [0.1, 0.15) is 18.4 Å². The van der Waals surface area contributed by atoms with Gasteiger partial charge in [0.05, 0.1) is 12.8 Å². The quantitative estimate of drug-likeness (QED) is 0.818. The number of pyridine rings is 1. The van der Waals surface area contributed by atoms with Crippen LogP contribution in [0.15, 0.2) is 48.7 Å². The normalized spacial score (nSPS) is 11.7. The lowest BCUT2D eigenvalue weighted by atomic mass is 10.1. The molecule has 0 amide bonds. The van der Waals surface area contributed by atoms with Gasteiger partial charge in [0.2, 0.25) is 0 Å². The van der Waals surface area contributed by atoms with Gasteiger partial charge in [-0.05, 0) is 23.8 Å². The third-order valence-electron chi connectivity index (χ3n) is 3.02. The molecular weight excluding hydrogens is 268 g/mol. The Labute approximate surface area is 123 Å². The van der Waals surface area contributed by atoms with Gasteiger partial charge in [0, 0.05) is 12.6 Å². The minimum Gasteiger partial charge on any atom is -0.487 e. The van der Waals surface area contributed by atoms with Crippen molar-refractivity contribution in [2.75, 3.05) is 7.11 Å². The van der Waals surface area contributed by atoms with Crippen LogP contribution in [0.25, 0.3) is 0 Å². The highest BCUT2D eigenvalue weighted by Gasteiger charge is 2.16. The monoisotopic (exact) mass is 286 g/mol. The number of methoxy groups -OCH3 is 1. The first-order valence-corrected chi connectivity index (χ1v) is 6.64. The number of carbonyl (C=O) groups is 1. The van der Waals surface area contributed by atoms with Crippen LogP contribution in [-0.2, 0) is 22.6 Å². The number of benzene rings is 1. The molecule has 110 valence electrons. The molecule has 1 unspecified atom stereocenters. The van der Waals surface area contributed by atoms with E-state index in [4.69, 9.17) is 10.5 Å². The van der Waals surface area contributed by atoms with Crippen molar-refractivity contribution in [1.82, 2.24) is 4.98 Å². The van der Waals surface area contributed by atoms with Gasteiger partial charge in [0.15, 0.2) is 0 Å². The Kier molecular flexibility index (Phi) is 5.29. The molecule has 2 N–H and O–H groups in total. The van der Waals surface area contributed by atoms with E-state index in [9.17, 15) is 4.79 Å². The van der Waals surface area contributed by atoms with Crippen molar-refractivity contribution < 1.29 is 14.3 Å². The van der Waals surface area contributed by atoms with Gasteiger partial charge in [-0.3, -0.25) is 9.78 Å². The fourth-order valence-corrected chi connectivity index (χ4v) is 1.92. The third kappa shape index (κ3) is 4.29. The molecule has 2 aromatic rings. The van der Waals surface area contributed by atoms with Crippen molar-refractivity contribution in [3.05, 3.63) is 59.9 Å². The molecule has 1 atom stereocenters. The van der Waals surface area contributed by atoms with E-state index in [2.05, 4.69) is 9.72 Å². The van der Waals surface area contributed by atoms with Crippen LogP contribution in [0.4, 0.5) is 0 Å². The second-order valence-electron chi connectivity index (χ2n) is 4.55. The van der Waals surface area contributed by atoms with Crippen LogP contribution in [0.1, 0.15) is 11.3 Å². The Morgan fingerprint density at radius 3 is 2.71 bits per heavy atom. The predicted octanol–water partition coefficient (Wildman–Crippen LogP) is 1.70. The van der Waals surface area contributed by atoms with Gasteiger partial charge in [0.25, 0.3) is 0 Å². The van der Waals surface area contributed by atoms with Crippen molar-refractivity contribution in [3.8, 4) is 5.75 Å². The topological polar surface area (TPSA) is 74.4 Å². The zero-order chi connectivity index (χ0) is 15.1. The molecule has 21 heavy (non-hydrogen) atoms. The summed E-state index contributed by atoms with van der Waals surface area (Å²) in [4.78, 5) is 15.6. The van der Waals surface area contributed by atoms with E-state index < -0.39 is 12.0 Å². The molecule has 0 bridgehead atoms. The number of nitrogens with zero attached hydrogens (tertiary/aromatic N) is 1. The number of rotatable bonds is 6. The zero-order valence-electron chi connectivity index (χ0n) is 11.9. The van der Waals surface area contributed by atoms with Crippen molar-refractivity contribution in [2.24, 2.45) is 5.73 Å². The summed E-state index contributed by atoms with van der Waals surface area (Å²) in [5, 5.41) is 0. The van der Waals surface area contributed by atoms with Crippen molar-refractivity contribution >= 4 is 5.97 Å². The molecule has 0 aliphatic heterocycles. The Bertz CT molecular complexity index is 587. The molecule has 0 radical (unpaired) electrons. The van der Waals surface area contributed by atoms with E-state index in [-0.39, 0.29) is 0 Å². The first kappa shape index (κ1) is 15.0. The van der Waals surface area contributed by atoms with Crippen molar-refractivity contribution in [3.63, 3.8) is 0 Å². The number of nitrogens with two attached hydrogens (primary N) is 1. The predicted molar refractivity (Wildman–Crippen MR) is 78.7 cm³/mol. The second kappa shape index (κ2) is 7.40. The Balaban J connectivity index is 2.04. The molecule has 0 aliphatic carbocycles. The van der Waals surface area contributed by atoms with Crippen LogP contribution < -0.4 is 10.5 Å². The molecule has 2 rings (SSSR count). The lowest BCUT2D eigenvalue weighted by Crippen LogP contribution is -2.33. The summed E-state index contributed by atoms with van der Waals surface area (Å²) < 4.78 is 10.4. The van der Waals surface area contributed by atoms with Crippen LogP contribution in [0.5, 0.6) is 5.75 Å². The lowest BCUT2D eigenvalue weighted by molar-refractivity contribution is -0.142. The summed E-state index contributed by atoms with van der Waals surface area (Å²) in [5.74, 6) is 0.261. The number of hydrogen-bond acceptors (Lipinski definition) is 5. The molecule has 1 heterocycles. The highest BCUT2D eigenvalue weighted by atomic mass is 16.5. The molecule has 1 aromatic heterocycles. The molecule has 0 saturated heterocycles. The average molecular weight is 286 g/mol. The van der Waals surface area contributed by atoms with Crippen LogP contribution in [0, 0.1) is 0 Å². The Morgan fingerprint density at radius 2 is 2.00 bits per heavy atom. The summed E-state index contributed by atoms with van der Waals surface area (Å²) in [6.07, 6.45) is 2.09. The number of ether oxygens (including phenoxy) is 2. The summed E-state index contributed by atoms with van der Waals surface area (Å²) in [6, 6.07) is 12.4. The fourth-order valence-electron chi connectivity index (χ4n) is 1.92. The van der Waals surface area contributed by atoms with Crippen LogP contribution in [0.3, 0.4) is 0 Å². The maximum Gasteiger partial charge on any atom is 0.322 e. The molecule has 0 fully saturated rings. The molecule has 0 aliphatic rings. The van der Waals surface area contributed by atoms with E-state index in [1.54, 1.807) is 6.20 Å². The van der Waals surface area contributed by atoms with E-state index in [1.165, 1.54) is 7.11 Å². The zero-order valence-corrected chi connectivity index (χ0v) is 11.9. The van der Waals surface area contributed by atoms with E-state index in [0.717, 1.165) is 11.3 Å². The minimum atomic E-state index is -0.699. The Morgan fingerprint density at radius 1 is 1.24 bits per heavy atom. The van der Waals surface area contributed by atoms with Gasteiger partial charge < -0.3 is 15.2 Å². The molecular formula is C16H18N2O3. The van der Waals surface area contributed by atoms with Crippen LogP contribution in [-0.4, -0.2) is 24.1 Å². The van der Waals surface area contributed by atoms with Gasteiger partial charge >= 0.3 is 5.97 Å². The maximum atomic E-state index is 11.4. The molecule has 0 saturated carbocycles. The highest BCUT2D eigenvalue weighted by Crippen LogP contribution is 2.20. The fraction of sp³-hybridized carbons (Fsp3) is 0.250. The van der Waals surface area contributed by atoms with E-state index in [0.29, 0.717) is 18.8 Å². The number of carbonyl (C=O) groups excluding carboxylic acids is 1. The summed E-state index contributed by atoms with van der Waals surface area (Å²) in [6.45, 7) is 0.366. The number of para-hydroxylation sites is 1. The second-order valence-corrected chi connectivity index (χ2v) is 4.55. The van der Waals surface area contributed by atoms with Gasteiger partial charge in [-0.15, -0.1) is 0 Å². The first-order chi connectivity index (χ1) is 10.2. The van der Waals surface area contributed by atoms with E-state index in [1.807, 2.05) is 42.5 Å². The first-order valence-electron chi connectivity index (χ1n) is 6.64. The summed E-state index contributed by atoms with van der Waals surface area (Å²) in [7, 11) is 1.33. The van der Waals surface area contributed by atoms with Crippen molar-refractivity contribution in [2.45, 2.75) is 19.1 Å². The third-order valence-corrected chi connectivity index (χ3v) is 3.02. The molecule has 1 aromatic carbocycles. The molecule has 0 spiro atoms. The summed E-state index contributed by atoms with van der Waals surface area (Å²) in [5.41, 5.74) is 7.50. The SMILES string of the molecule is COC(=O)C(N)Cc1ccccc1OCc1ccccn1. The average Bonchev–Trinajstić information content (AvgIpc) is 2.54.